The lowest BCUT2D eigenvalue weighted by atomic mass is 10.4. The molecule has 0 fully saturated rings. The number of methoxy groups -OCH3 is 1. The molecule has 16 heavy (non-hydrogen) atoms. The Morgan fingerprint density at radius 1 is 1.19 bits per heavy atom. The van der Waals surface area contributed by atoms with Crippen LogP contribution in [0.15, 0.2) is 0 Å². The lowest BCUT2D eigenvalue weighted by Gasteiger charge is -1.97. The van der Waals surface area contributed by atoms with E-state index in [4.69, 9.17) is 0 Å². The zero-order valence-corrected chi connectivity index (χ0v) is 12.9. The molecular weight excluding hydrogens is 225 g/mol. The maximum absolute atomic E-state index is 10.2. The SMILES string of the molecule is CC.CCC.COC(=O)NCC(C)=O.CP. The molecule has 0 aromatic carbocycles. The van der Waals surface area contributed by atoms with Crippen molar-refractivity contribution in [1.82, 2.24) is 5.32 Å². The molecule has 0 bridgehead atoms. The topological polar surface area (TPSA) is 55.4 Å². The van der Waals surface area contributed by atoms with Gasteiger partial charge in [0.15, 0.2) is 0 Å². The van der Waals surface area contributed by atoms with Crippen LogP contribution in [0.1, 0.15) is 41.0 Å². The van der Waals surface area contributed by atoms with E-state index in [-0.39, 0.29) is 12.3 Å². The minimum atomic E-state index is -0.579. The molecule has 0 aromatic rings. The molecule has 0 spiro atoms. The highest BCUT2D eigenvalue weighted by molar-refractivity contribution is 7.15. The monoisotopic (exact) mass is 253 g/mol. The Bertz CT molecular complexity index is 141. The summed E-state index contributed by atoms with van der Waals surface area (Å²) in [6, 6.07) is 0. The average molecular weight is 253 g/mol. The smallest absolute Gasteiger partial charge is 0.407 e. The Kier molecular flexibility index (Phi) is 44.9. The standard InChI is InChI=1S/C5H9NO3.C3H8.C2H6.CH5P/c1-4(7)3-6-5(8)9-2;1-3-2;2*1-2/h3H2,1-2H3,(H,6,8);3H2,1-2H3;1-2H3;2H2,1H3. The molecule has 0 aromatic heterocycles. The zero-order chi connectivity index (χ0) is 14.0. The molecule has 1 atom stereocenters. The van der Waals surface area contributed by atoms with Gasteiger partial charge in [-0.05, 0) is 6.92 Å². The number of ketones is 1. The third-order valence-corrected chi connectivity index (χ3v) is 0.667. The Morgan fingerprint density at radius 2 is 1.50 bits per heavy atom. The maximum Gasteiger partial charge on any atom is 0.407 e. The lowest BCUT2D eigenvalue weighted by Crippen LogP contribution is -2.27. The Labute approximate surface area is 103 Å². The van der Waals surface area contributed by atoms with E-state index in [1.54, 1.807) is 0 Å². The summed E-state index contributed by atoms with van der Waals surface area (Å²) in [5.74, 6) is -0.0969. The molecule has 0 saturated carbocycles. The van der Waals surface area contributed by atoms with Gasteiger partial charge in [-0.3, -0.25) is 4.79 Å². The van der Waals surface area contributed by atoms with E-state index >= 15 is 0 Å². The highest BCUT2D eigenvalue weighted by Gasteiger charge is 1.97. The van der Waals surface area contributed by atoms with E-state index in [2.05, 4.69) is 33.1 Å². The molecule has 0 aliphatic rings. The maximum atomic E-state index is 10.2. The first kappa shape index (κ1) is 24.6. The molecule has 0 radical (unpaired) electrons. The van der Waals surface area contributed by atoms with Crippen LogP contribution in [0, 0.1) is 0 Å². The summed E-state index contributed by atoms with van der Waals surface area (Å²) in [4.78, 5) is 20.4. The second-order valence-electron chi connectivity index (χ2n) is 2.25. The van der Waals surface area contributed by atoms with Gasteiger partial charge >= 0.3 is 6.09 Å². The van der Waals surface area contributed by atoms with E-state index in [0.29, 0.717) is 0 Å². The van der Waals surface area contributed by atoms with Gasteiger partial charge in [0.2, 0.25) is 0 Å². The largest absolute Gasteiger partial charge is 0.453 e. The van der Waals surface area contributed by atoms with Crippen LogP contribution >= 0.6 is 9.24 Å². The predicted octanol–water partition coefficient (Wildman–Crippen LogP) is 2.87. The molecule has 4 nitrogen and oxygen atoms in total. The third-order valence-electron chi connectivity index (χ3n) is 0.667. The number of hydrogen-bond acceptors (Lipinski definition) is 3. The Morgan fingerprint density at radius 3 is 1.69 bits per heavy atom. The first-order chi connectivity index (χ1) is 7.58. The summed E-state index contributed by atoms with van der Waals surface area (Å²) in [5, 5.41) is 2.22. The van der Waals surface area contributed by atoms with Crippen LogP contribution in [-0.2, 0) is 9.53 Å². The van der Waals surface area contributed by atoms with Crippen LogP contribution in [0.2, 0.25) is 0 Å². The van der Waals surface area contributed by atoms with Crippen LogP contribution in [-0.4, -0.2) is 32.2 Å². The van der Waals surface area contributed by atoms with Gasteiger partial charge in [-0.1, -0.05) is 40.8 Å². The molecule has 0 aliphatic heterocycles. The quantitative estimate of drug-likeness (QED) is 0.770. The third kappa shape index (κ3) is 50.4. The van der Waals surface area contributed by atoms with Crippen molar-refractivity contribution in [3.05, 3.63) is 0 Å². The summed E-state index contributed by atoms with van der Waals surface area (Å²) in [6.45, 7) is 11.6. The normalized spacial score (nSPS) is 6.50. The number of ether oxygens (including phenoxy) is 1. The number of nitrogens with one attached hydrogen (secondary N) is 1. The first-order valence-electron chi connectivity index (χ1n) is 5.47. The Balaban J connectivity index is -0.0000000864. The molecule has 1 N–H and O–H groups in total. The van der Waals surface area contributed by atoms with Crippen LogP contribution in [0.25, 0.3) is 0 Å². The van der Waals surface area contributed by atoms with Crippen molar-refractivity contribution in [3.63, 3.8) is 0 Å². The van der Waals surface area contributed by atoms with Gasteiger partial charge < -0.3 is 10.1 Å². The second-order valence-corrected chi connectivity index (χ2v) is 2.25. The van der Waals surface area contributed by atoms with Crippen molar-refractivity contribution in [2.24, 2.45) is 0 Å². The van der Waals surface area contributed by atoms with Crippen molar-refractivity contribution >= 4 is 21.1 Å². The van der Waals surface area contributed by atoms with Crippen molar-refractivity contribution in [2.75, 3.05) is 20.3 Å². The number of hydrogen-bond donors (Lipinski definition) is 1. The molecule has 1 unspecified atom stereocenters. The fraction of sp³-hybridized carbons (Fsp3) is 0.818. The average Bonchev–Trinajstić information content (AvgIpc) is 2.32. The number of alkyl carbamates (subject to hydrolysis) is 1. The molecule has 0 heterocycles. The van der Waals surface area contributed by atoms with Crippen molar-refractivity contribution < 1.29 is 14.3 Å². The molecule has 0 rings (SSSR count). The molecule has 0 aliphatic carbocycles. The van der Waals surface area contributed by atoms with Crippen LogP contribution in [0.5, 0.6) is 0 Å². The molecule has 100 valence electrons. The zero-order valence-electron chi connectivity index (χ0n) is 11.7. The van der Waals surface area contributed by atoms with Gasteiger partial charge in [0.1, 0.15) is 5.78 Å². The summed E-state index contributed by atoms with van der Waals surface area (Å²) in [7, 11) is 3.66. The van der Waals surface area contributed by atoms with E-state index in [1.807, 2.05) is 20.5 Å². The molecular formula is C11H28NO3P. The number of carbonyl (C=O) groups excluding carboxylic acids is 2. The van der Waals surface area contributed by atoms with Crippen molar-refractivity contribution in [2.45, 2.75) is 41.0 Å². The summed E-state index contributed by atoms with van der Waals surface area (Å²) in [5.41, 5.74) is 0. The highest BCUT2D eigenvalue weighted by atomic mass is 31.0. The minimum absolute atomic E-state index is 0.0344. The number of carbonyl (C=O) groups is 2. The van der Waals surface area contributed by atoms with Gasteiger partial charge in [0.05, 0.1) is 13.7 Å². The van der Waals surface area contributed by atoms with Gasteiger partial charge in [-0.15, -0.1) is 9.24 Å². The van der Waals surface area contributed by atoms with Crippen LogP contribution in [0.4, 0.5) is 4.79 Å². The molecule has 1 amide bonds. The van der Waals surface area contributed by atoms with Gasteiger partial charge in [-0.2, -0.15) is 0 Å². The number of Topliss-reactive ketones (excluding diaryl/α,β-unsaturated/α-hetero) is 1. The van der Waals surface area contributed by atoms with E-state index in [9.17, 15) is 9.59 Å². The summed E-state index contributed by atoms with van der Waals surface area (Å²) < 4.78 is 4.20. The predicted molar refractivity (Wildman–Crippen MR) is 74.0 cm³/mol. The lowest BCUT2D eigenvalue weighted by molar-refractivity contribution is -0.116. The molecule has 5 heteroatoms. The van der Waals surface area contributed by atoms with E-state index in [0.717, 1.165) is 0 Å². The minimum Gasteiger partial charge on any atom is -0.453 e. The van der Waals surface area contributed by atoms with Crippen LogP contribution in [0.3, 0.4) is 0 Å². The summed E-state index contributed by atoms with van der Waals surface area (Å²) in [6.07, 6.45) is 0.671. The van der Waals surface area contributed by atoms with Gasteiger partial charge in [-0.25, -0.2) is 4.79 Å². The first-order valence-corrected chi connectivity index (χ1v) is 6.62. The second kappa shape index (κ2) is 29.3. The van der Waals surface area contributed by atoms with Gasteiger partial charge in [0, 0.05) is 0 Å². The molecule has 0 saturated heterocycles. The highest BCUT2D eigenvalue weighted by Crippen LogP contribution is 1.70. The fourth-order valence-electron chi connectivity index (χ4n) is 0.269. The Hall–Kier alpha value is -0.630. The number of rotatable bonds is 2. The van der Waals surface area contributed by atoms with Gasteiger partial charge in [0.25, 0.3) is 0 Å². The van der Waals surface area contributed by atoms with E-state index < -0.39 is 6.09 Å². The van der Waals surface area contributed by atoms with Crippen molar-refractivity contribution in [3.8, 4) is 0 Å². The van der Waals surface area contributed by atoms with Crippen LogP contribution < -0.4 is 5.32 Å². The number of amides is 1. The summed E-state index contributed by atoms with van der Waals surface area (Å²) >= 11 is 0. The van der Waals surface area contributed by atoms with Crippen molar-refractivity contribution in [1.29, 1.82) is 0 Å². The fourth-order valence-corrected chi connectivity index (χ4v) is 0.269. The van der Waals surface area contributed by atoms with E-state index in [1.165, 1.54) is 20.5 Å².